The van der Waals surface area contributed by atoms with Gasteiger partial charge in [-0.25, -0.2) is 4.39 Å². The van der Waals surface area contributed by atoms with Crippen LogP contribution < -0.4 is 9.47 Å². The maximum absolute atomic E-state index is 14.0. The van der Waals surface area contributed by atoms with Crippen molar-refractivity contribution in [2.45, 2.75) is 11.5 Å². The van der Waals surface area contributed by atoms with Crippen molar-refractivity contribution in [1.82, 2.24) is 4.98 Å². The van der Waals surface area contributed by atoms with Gasteiger partial charge in [0.15, 0.2) is 11.6 Å². The van der Waals surface area contributed by atoms with Crippen molar-refractivity contribution in [3.8, 4) is 11.5 Å². The van der Waals surface area contributed by atoms with Crippen LogP contribution in [0, 0.1) is 5.82 Å². The Morgan fingerprint density at radius 2 is 2.00 bits per heavy atom. The number of nitrogens with zero attached hydrogens (tertiary/aromatic N) is 1. The molecule has 0 aliphatic rings. The van der Waals surface area contributed by atoms with Crippen LogP contribution in [-0.2, 0) is 17.4 Å². The number of rotatable bonds is 5. The molecule has 0 radical (unpaired) electrons. The lowest BCUT2D eigenvalue weighted by atomic mass is 10.2. The van der Waals surface area contributed by atoms with Crippen molar-refractivity contribution in [3.63, 3.8) is 0 Å². The predicted octanol–water partition coefficient (Wildman–Crippen LogP) is 3.70. The molecular formula is C18H16FNO3S. The lowest BCUT2D eigenvalue weighted by Gasteiger charge is -2.11. The average molecular weight is 345 g/mol. The summed E-state index contributed by atoms with van der Waals surface area (Å²) in [5.74, 6) is 0.209. The van der Waals surface area contributed by atoms with Crippen LogP contribution in [-0.4, -0.2) is 22.6 Å². The van der Waals surface area contributed by atoms with Gasteiger partial charge in [-0.15, -0.1) is 0 Å². The molecule has 0 saturated carbocycles. The summed E-state index contributed by atoms with van der Waals surface area (Å²) in [4.78, 5) is 4.96. The summed E-state index contributed by atoms with van der Waals surface area (Å²) in [6, 6.07) is 12.0. The maximum atomic E-state index is 14.0. The van der Waals surface area contributed by atoms with Crippen LogP contribution in [0.15, 0.2) is 53.6 Å². The Bertz CT molecular complexity index is 914. The molecular weight excluding hydrogens is 329 g/mol. The molecule has 1 aromatic heterocycles. The largest absolute Gasteiger partial charge is 0.494 e. The SMILES string of the molecule is COc1cc2nccc(OCc3cccc(S(C)=O)c3)c2cc1F. The van der Waals surface area contributed by atoms with E-state index in [2.05, 4.69) is 4.98 Å². The number of fused-ring (bicyclic) bond motifs is 1. The van der Waals surface area contributed by atoms with E-state index in [1.165, 1.54) is 13.2 Å². The molecule has 3 rings (SSSR count). The molecule has 0 saturated heterocycles. The third kappa shape index (κ3) is 3.38. The number of pyridine rings is 1. The Balaban J connectivity index is 1.89. The van der Waals surface area contributed by atoms with Gasteiger partial charge in [-0.3, -0.25) is 9.19 Å². The van der Waals surface area contributed by atoms with Crippen molar-refractivity contribution in [2.24, 2.45) is 0 Å². The van der Waals surface area contributed by atoms with Crippen LogP contribution in [0.4, 0.5) is 4.39 Å². The molecule has 1 heterocycles. The summed E-state index contributed by atoms with van der Waals surface area (Å²) in [7, 11) is 0.366. The minimum Gasteiger partial charge on any atom is -0.494 e. The number of methoxy groups -OCH3 is 1. The first-order valence-electron chi connectivity index (χ1n) is 7.26. The highest BCUT2D eigenvalue weighted by molar-refractivity contribution is 7.84. The second-order valence-corrected chi connectivity index (χ2v) is 6.58. The van der Waals surface area contributed by atoms with Gasteiger partial charge in [0.2, 0.25) is 0 Å². The molecule has 124 valence electrons. The molecule has 0 amide bonds. The van der Waals surface area contributed by atoms with Crippen molar-refractivity contribution in [2.75, 3.05) is 13.4 Å². The van der Waals surface area contributed by atoms with Gasteiger partial charge in [0.05, 0.1) is 12.6 Å². The Morgan fingerprint density at radius 3 is 2.75 bits per heavy atom. The topological polar surface area (TPSA) is 48.4 Å². The molecule has 0 fully saturated rings. The number of ether oxygens (including phenoxy) is 2. The normalized spacial score (nSPS) is 12.1. The molecule has 0 bridgehead atoms. The summed E-state index contributed by atoms with van der Waals surface area (Å²) in [5, 5.41) is 0.575. The predicted molar refractivity (Wildman–Crippen MR) is 91.4 cm³/mol. The molecule has 1 atom stereocenters. The Kier molecular flexibility index (Phi) is 4.76. The number of hydrogen-bond acceptors (Lipinski definition) is 4. The van der Waals surface area contributed by atoms with Crippen LogP contribution in [0.25, 0.3) is 10.9 Å². The number of halogens is 1. The second kappa shape index (κ2) is 6.97. The van der Waals surface area contributed by atoms with E-state index in [1.54, 1.807) is 24.6 Å². The zero-order valence-corrected chi connectivity index (χ0v) is 14.1. The minimum atomic E-state index is -1.05. The molecule has 3 aromatic rings. The molecule has 1 unspecified atom stereocenters. The Hall–Kier alpha value is -2.47. The number of benzene rings is 2. The van der Waals surface area contributed by atoms with E-state index in [4.69, 9.17) is 9.47 Å². The fourth-order valence-electron chi connectivity index (χ4n) is 2.38. The fourth-order valence-corrected chi connectivity index (χ4v) is 2.97. The third-order valence-corrected chi connectivity index (χ3v) is 4.52. The highest BCUT2D eigenvalue weighted by Crippen LogP contribution is 2.30. The molecule has 0 spiro atoms. The lowest BCUT2D eigenvalue weighted by Crippen LogP contribution is -1.99. The van der Waals surface area contributed by atoms with E-state index in [9.17, 15) is 8.60 Å². The zero-order chi connectivity index (χ0) is 17.1. The standard InChI is InChI=1S/C18H16FNO3S/c1-22-18-10-16-14(9-15(18)19)17(6-7-20-16)23-11-12-4-3-5-13(8-12)24(2)21/h3-10H,11H2,1-2H3. The summed E-state index contributed by atoms with van der Waals surface area (Å²) in [6.07, 6.45) is 3.24. The molecule has 4 nitrogen and oxygen atoms in total. The van der Waals surface area contributed by atoms with Crippen molar-refractivity contribution in [1.29, 1.82) is 0 Å². The van der Waals surface area contributed by atoms with Crippen LogP contribution in [0.2, 0.25) is 0 Å². The highest BCUT2D eigenvalue weighted by Gasteiger charge is 2.10. The van der Waals surface area contributed by atoms with E-state index in [1.807, 2.05) is 24.3 Å². The summed E-state index contributed by atoms with van der Waals surface area (Å²) < 4.78 is 36.3. The molecule has 2 aromatic carbocycles. The zero-order valence-electron chi connectivity index (χ0n) is 13.3. The van der Waals surface area contributed by atoms with Crippen LogP contribution in [0.3, 0.4) is 0 Å². The van der Waals surface area contributed by atoms with Crippen molar-refractivity contribution < 1.29 is 18.1 Å². The van der Waals surface area contributed by atoms with Crippen LogP contribution in [0.1, 0.15) is 5.56 Å². The first kappa shape index (κ1) is 16.4. The summed E-state index contributed by atoms with van der Waals surface area (Å²) in [6.45, 7) is 0.289. The van der Waals surface area contributed by atoms with Gasteiger partial charge in [-0.2, -0.15) is 0 Å². The molecule has 24 heavy (non-hydrogen) atoms. The van der Waals surface area contributed by atoms with Crippen molar-refractivity contribution in [3.05, 3.63) is 60.0 Å². The average Bonchev–Trinajstić information content (AvgIpc) is 2.59. The highest BCUT2D eigenvalue weighted by atomic mass is 32.2. The second-order valence-electron chi connectivity index (χ2n) is 5.20. The molecule has 6 heteroatoms. The van der Waals surface area contributed by atoms with E-state index in [0.717, 1.165) is 10.5 Å². The van der Waals surface area contributed by atoms with E-state index < -0.39 is 16.6 Å². The van der Waals surface area contributed by atoms with Gasteiger partial charge >= 0.3 is 0 Å². The smallest absolute Gasteiger partial charge is 0.165 e. The van der Waals surface area contributed by atoms with Gasteiger partial charge in [0.1, 0.15) is 12.4 Å². The van der Waals surface area contributed by atoms with Gasteiger partial charge in [0.25, 0.3) is 0 Å². The van der Waals surface area contributed by atoms with Gasteiger partial charge in [-0.05, 0) is 29.8 Å². The first-order valence-corrected chi connectivity index (χ1v) is 8.81. The Labute approximate surface area is 141 Å². The fraction of sp³-hybridized carbons (Fsp3) is 0.167. The van der Waals surface area contributed by atoms with Gasteiger partial charge in [0, 0.05) is 39.6 Å². The van der Waals surface area contributed by atoms with E-state index in [0.29, 0.717) is 16.7 Å². The van der Waals surface area contributed by atoms with Crippen LogP contribution >= 0.6 is 0 Å². The van der Waals surface area contributed by atoms with Crippen molar-refractivity contribution >= 4 is 21.7 Å². The molecule has 0 aliphatic heterocycles. The van der Waals surface area contributed by atoms with Gasteiger partial charge in [-0.1, -0.05) is 12.1 Å². The Morgan fingerprint density at radius 1 is 1.17 bits per heavy atom. The molecule has 0 aliphatic carbocycles. The summed E-state index contributed by atoms with van der Waals surface area (Å²) in [5.41, 5.74) is 1.48. The first-order chi connectivity index (χ1) is 11.6. The quantitative estimate of drug-likeness (QED) is 0.707. The van der Waals surface area contributed by atoms with Crippen LogP contribution in [0.5, 0.6) is 11.5 Å². The lowest BCUT2D eigenvalue weighted by molar-refractivity contribution is 0.309. The van der Waals surface area contributed by atoms with Gasteiger partial charge < -0.3 is 9.47 Å². The number of hydrogen-bond donors (Lipinski definition) is 0. The maximum Gasteiger partial charge on any atom is 0.165 e. The minimum absolute atomic E-state index is 0.144. The number of aromatic nitrogens is 1. The van der Waals surface area contributed by atoms with E-state index in [-0.39, 0.29) is 12.4 Å². The molecule has 0 N–H and O–H groups in total. The van der Waals surface area contributed by atoms with E-state index >= 15 is 0 Å². The third-order valence-electron chi connectivity index (χ3n) is 3.60. The monoisotopic (exact) mass is 345 g/mol. The summed E-state index contributed by atoms with van der Waals surface area (Å²) >= 11 is 0.